The molecule has 0 bridgehead atoms. The number of hydrogen-bond donors (Lipinski definition) is 2. The molecule has 0 spiro atoms. The molecule has 19 heavy (non-hydrogen) atoms. The van der Waals surface area contributed by atoms with E-state index in [1.54, 1.807) is 11.3 Å². The Bertz CT molecular complexity index is 602. The first-order chi connectivity index (χ1) is 9.16. The van der Waals surface area contributed by atoms with Gasteiger partial charge in [0.05, 0.1) is 22.5 Å². The summed E-state index contributed by atoms with van der Waals surface area (Å²) in [6.07, 6.45) is 0.851. The minimum Gasteiger partial charge on any atom is -0.379 e. The maximum atomic E-state index is 12.1. The molecule has 2 N–H and O–H groups in total. The van der Waals surface area contributed by atoms with Crippen LogP contribution < -0.4 is 10.6 Å². The summed E-state index contributed by atoms with van der Waals surface area (Å²) in [5, 5.41) is 9.10. The molecule has 0 radical (unpaired) electrons. The fraction of sp³-hybridized carbons (Fsp3) is 0.357. The van der Waals surface area contributed by atoms with Crippen LogP contribution in [0, 0.1) is 0 Å². The van der Waals surface area contributed by atoms with Gasteiger partial charge in [-0.25, -0.2) is 4.79 Å². The summed E-state index contributed by atoms with van der Waals surface area (Å²) in [6.45, 7) is 3.28. The van der Waals surface area contributed by atoms with E-state index in [2.05, 4.69) is 16.7 Å². The monoisotopic (exact) mass is 276 g/mol. The van der Waals surface area contributed by atoms with E-state index < -0.39 is 0 Å². The van der Waals surface area contributed by atoms with Gasteiger partial charge < -0.3 is 15.4 Å². The first-order valence-electron chi connectivity index (χ1n) is 6.29. The fourth-order valence-corrected chi connectivity index (χ4v) is 3.15. The van der Waals surface area contributed by atoms with Crippen molar-refractivity contribution in [1.82, 2.24) is 5.32 Å². The van der Waals surface area contributed by atoms with Gasteiger partial charge in [-0.15, -0.1) is 11.3 Å². The highest BCUT2D eigenvalue weighted by Gasteiger charge is 2.31. The maximum absolute atomic E-state index is 12.1. The van der Waals surface area contributed by atoms with Crippen molar-refractivity contribution in [2.75, 3.05) is 18.5 Å². The third-order valence-electron chi connectivity index (χ3n) is 3.36. The smallest absolute Gasteiger partial charge is 0.319 e. The minimum absolute atomic E-state index is 0.172. The van der Waals surface area contributed by atoms with E-state index >= 15 is 0 Å². The topological polar surface area (TPSA) is 50.4 Å². The number of thiophene rings is 1. The molecular weight excluding hydrogens is 260 g/mol. The maximum Gasteiger partial charge on any atom is 0.319 e. The summed E-state index contributed by atoms with van der Waals surface area (Å²) >= 11 is 1.63. The quantitative estimate of drug-likeness (QED) is 0.885. The zero-order valence-electron chi connectivity index (χ0n) is 10.7. The molecule has 100 valence electrons. The Morgan fingerprint density at radius 3 is 3.11 bits per heavy atom. The summed E-state index contributed by atoms with van der Waals surface area (Å²) in [7, 11) is 0. The van der Waals surface area contributed by atoms with Gasteiger partial charge >= 0.3 is 6.03 Å². The lowest BCUT2D eigenvalue weighted by molar-refractivity contribution is 0.172. The summed E-state index contributed by atoms with van der Waals surface area (Å²) in [5.41, 5.74) is 0.598. The molecule has 1 aliphatic rings. The van der Waals surface area contributed by atoms with Crippen molar-refractivity contribution < 1.29 is 9.53 Å². The van der Waals surface area contributed by atoms with Crippen LogP contribution in [-0.2, 0) is 4.74 Å². The second-order valence-corrected chi connectivity index (χ2v) is 6.00. The first-order valence-corrected chi connectivity index (χ1v) is 7.17. The molecular formula is C14H16N2O2S. The van der Waals surface area contributed by atoms with Crippen molar-refractivity contribution in [2.45, 2.75) is 18.9 Å². The van der Waals surface area contributed by atoms with E-state index in [4.69, 9.17) is 4.74 Å². The number of ether oxygens (including phenoxy) is 1. The third kappa shape index (κ3) is 2.57. The lowest BCUT2D eigenvalue weighted by Gasteiger charge is -2.23. The fourth-order valence-electron chi connectivity index (χ4n) is 2.28. The SMILES string of the molecule is CC1(NC(=O)Nc2cccc3ccsc23)CCOC1. The Hall–Kier alpha value is -1.59. The Morgan fingerprint density at radius 2 is 2.32 bits per heavy atom. The highest BCUT2D eigenvalue weighted by atomic mass is 32.1. The summed E-state index contributed by atoms with van der Waals surface area (Å²) in [5.74, 6) is 0. The van der Waals surface area contributed by atoms with Gasteiger partial charge in [-0.2, -0.15) is 0 Å². The molecule has 0 aliphatic carbocycles. The molecule has 1 aromatic carbocycles. The van der Waals surface area contributed by atoms with Gasteiger partial charge in [0.15, 0.2) is 0 Å². The predicted octanol–water partition coefficient (Wildman–Crippen LogP) is 3.20. The zero-order valence-corrected chi connectivity index (χ0v) is 11.5. The summed E-state index contributed by atoms with van der Waals surface area (Å²) < 4.78 is 6.43. The van der Waals surface area contributed by atoms with Crippen molar-refractivity contribution in [1.29, 1.82) is 0 Å². The molecule has 1 aromatic heterocycles. The lowest BCUT2D eigenvalue weighted by Crippen LogP contribution is -2.48. The molecule has 3 rings (SSSR count). The molecule has 1 fully saturated rings. The van der Waals surface area contributed by atoms with E-state index in [0.717, 1.165) is 22.2 Å². The van der Waals surface area contributed by atoms with Crippen LogP contribution in [0.1, 0.15) is 13.3 Å². The standard InChI is InChI=1S/C14H16N2O2S/c1-14(6-7-18-9-14)16-13(17)15-11-4-2-3-10-5-8-19-12(10)11/h2-5,8H,6-7,9H2,1H3,(H2,15,16,17). The van der Waals surface area contributed by atoms with E-state index in [-0.39, 0.29) is 11.6 Å². The Balaban J connectivity index is 1.74. The average Bonchev–Trinajstić information content (AvgIpc) is 2.98. The summed E-state index contributed by atoms with van der Waals surface area (Å²) in [4.78, 5) is 12.1. The number of carbonyl (C=O) groups excluding carboxylic acids is 1. The molecule has 2 heterocycles. The number of urea groups is 1. The molecule has 4 nitrogen and oxygen atoms in total. The number of amides is 2. The highest BCUT2D eigenvalue weighted by Crippen LogP contribution is 2.28. The van der Waals surface area contributed by atoms with Crippen LogP contribution in [0.15, 0.2) is 29.6 Å². The van der Waals surface area contributed by atoms with E-state index in [1.807, 2.05) is 30.5 Å². The van der Waals surface area contributed by atoms with E-state index in [1.165, 1.54) is 0 Å². The van der Waals surface area contributed by atoms with Crippen LogP contribution in [0.25, 0.3) is 10.1 Å². The number of fused-ring (bicyclic) bond motifs is 1. The Kier molecular flexibility index (Phi) is 3.16. The average molecular weight is 276 g/mol. The van der Waals surface area contributed by atoms with Gasteiger partial charge in [0.1, 0.15) is 0 Å². The Labute approximate surface area is 115 Å². The van der Waals surface area contributed by atoms with Gasteiger partial charge in [-0.3, -0.25) is 0 Å². The number of nitrogens with one attached hydrogen (secondary N) is 2. The second-order valence-electron chi connectivity index (χ2n) is 5.09. The molecule has 1 aliphatic heterocycles. The molecule has 5 heteroatoms. The zero-order chi connectivity index (χ0) is 13.3. The number of anilines is 1. The van der Waals surface area contributed by atoms with Gasteiger partial charge in [-0.1, -0.05) is 12.1 Å². The van der Waals surface area contributed by atoms with E-state index in [0.29, 0.717) is 13.2 Å². The van der Waals surface area contributed by atoms with Crippen molar-refractivity contribution in [3.8, 4) is 0 Å². The molecule has 1 saturated heterocycles. The van der Waals surface area contributed by atoms with Crippen LogP contribution in [0.3, 0.4) is 0 Å². The van der Waals surface area contributed by atoms with E-state index in [9.17, 15) is 4.79 Å². The molecule has 1 unspecified atom stereocenters. The van der Waals surface area contributed by atoms with Crippen LogP contribution in [0.2, 0.25) is 0 Å². The van der Waals surface area contributed by atoms with Gasteiger partial charge in [-0.05, 0) is 36.2 Å². The van der Waals surface area contributed by atoms with Gasteiger partial charge in [0.25, 0.3) is 0 Å². The number of carbonyl (C=O) groups is 1. The predicted molar refractivity (Wildman–Crippen MR) is 77.8 cm³/mol. The molecule has 0 saturated carbocycles. The van der Waals surface area contributed by atoms with Crippen LogP contribution >= 0.6 is 11.3 Å². The lowest BCUT2D eigenvalue weighted by atomic mass is 10.0. The molecule has 2 amide bonds. The van der Waals surface area contributed by atoms with Crippen LogP contribution in [0.5, 0.6) is 0 Å². The largest absolute Gasteiger partial charge is 0.379 e. The number of hydrogen-bond acceptors (Lipinski definition) is 3. The van der Waals surface area contributed by atoms with Crippen molar-refractivity contribution in [3.05, 3.63) is 29.6 Å². The van der Waals surface area contributed by atoms with Gasteiger partial charge in [0.2, 0.25) is 0 Å². The second kappa shape index (κ2) is 4.83. The van der Waals surface area contributed by atoms with Crippen molar-refractivity contribution >= 4 is 33.1 Å². The van der Waals surface area contributed by atoms with Gasteiger partial charge in [0, 0.05) is 6.61 Å². The number of rotatable bonds is 2. The van der Waals surface area contributed by atoms with Crippen molar-refractivity contribution in [3.63, 3.8) is 0 Å². The summed E-state index contributed by atoms with van der Waals surface area (Å²) in [6, 6.07) is 7.79. The van der Waals surface area contributed by atoms with Crippen molar-refractivity contribution in [2.24, 2.45) is 0 Å². The van der Waals surface area contributed by atoms with Crippen LogP contribution in [0.4, 0.5) is 10.5 Å². The van der Waals surface area contributed by atoms with Crippen LogP contribution in [-0.4, -0.2) is 24.8 Å². The molecule has 2 aromatic rings. The minimum atomic E-state index is -0.257. The first kappa shape index (κ1) is 12.4. The normalized spacial score (nSPS) is 22.6. The number of benzene rings is 1. The Morgan fingerprint density at radius 1 is 1.42 bits per heavy atom. The molecule has 1 atom stereocenters. The third-order valence-corrected chi connectivity index (χ3v) is 4.32. The highest BCUT2D eigenvalue weighted by molar-refractivity contribution is 7.17.